The second-order valence-corrected chi connectivity index (χ2v) is 8.12. The van der Waals surface area contributed by atoms with Gasteiger partial charge in [-0.15, -0.1) is 11.3 Å². The van der Waals surface area contributed by atoms with E-state index in [1.54, 1.807) is 26.0 Å². The second kappa shape index (κ2) is 9.00. The molecule has 0 bridgehead atoms. The van der Waals surface area contributed by atoms with Crippen LogP contribution >= 0.6 is 23.1 Å². The van der Waals surface area contributed by atoms with Crippen molar-refractivity contribution < 1.29 is 13.9 Å². The Hall–Kier alpha value is -2.69. The van der Waals surface area contributed by atoms with Crippen molar-refractivity contribution in [2.45, 2.75) is 24.1 Å². The van der Waals surface area contributed by atoms with Gasteiger partial charge in [0.25, 0.3) is 0 Å². The van der Waals surface area contributed by atoms with E-state index in [0.29, 0.717) is 34.0 Å². The minimum absolute atomic E-state index is 0.290. The lowest BCUT2D eigenvalue weighted by molar-refractivity contribution is -0.142. The van der Waals surface area contributed by atoms with Crippen LogP contribution in [0.2, 0.25) is 0 Å². The molecular weight excluding hydrogens is 395 g/mol. The molecule has 2 aromatic heterocycles. The average Bonchev–Trinajstić information content (AvgIpc) is 3.23. The summed E-state index contributed by atoms with van der Waals surface area (Å²) < 4.78 is 18.4. The summed E-state index contributed by atoms with van der Waals surface area (Å²) in [5, 5.41) is 11.7. The van der Waals surface area contributed by atoms with Gasteiger partial charge >= 0.3 is 5.97 Å². The zero-order chi connectivity index (χ0) is 20.1. The molecule has 1 atom stereocenters. The van der Waals surface area contributed by atoms with E-state index in [4.69, 9.17) is 4.74 Å². The van der Waals surface area contributed by atoms with Crippen LogP contribution in [0.5, 0.6) is 0 Å². The molecule has 1 aromatic carbocycles. The molecule has 0 N–H and O–H groups in total. The summed E-state index contributed by atoms with van der Waals surface area (Å²) in [5.41, 5.74) is 2.42. The zero-order valence-corrected chi connectivity index (χ0v) is 16.9. The molecule has 142 valence electrons. The molecule has 4 nitrogen and oxygen atoms in total. The second-order valence-electron chi connectivity index (χ2n) is 5.84. The lowest BCUT2D eigenvalue weighted by atomic mass is 10.0. The van der Waals surface area contributed by atoms with Crippen molar-refractivity contribution in [3.63, 3.8) is 0 Å². The van der Waals surface area contributed by atoms with E-state index in [-0.39, 0.29) is 11.8 Å². The van der Waals surface area contributed by atoms with Crippen LogP contribution in [0.1, 0.15) is 19.4 Å². The summed E-state index contributed by atoms with van der Waals surface area (Å²) in [7, 11) is 0. The number of aromatic nitrogens is 1. The summed E-state index contributed by atoms with van der Waals surface area (Å²) >= 11 is 2.72. The summed E-state index contributed by atoms with van der Waals surface area (Å²) in [6.07, 6.45) is 0. The smallest absolute Gasteiger partial charge is 0.319 e. The van der Waals surface area contributed by atoms with E-state index in [9.17, 15) is 14.4 Å². The van der Waals surface area contributed by atoms with E-state index in [2.05, 4.69) is 11.1 Å². The minimum Gasteiger partial charge on any atom is -0.465 e. The topological polar surface area (TPSA) is 63.0 Å². The van der Waals surface area contributed by atoms with Crippen molar-refractivity contribution in [2.24, 2.45) is 0 Å². The molecule has 0 amide bonds. The molecule has 0 aliphatic heterocycles. The van der Waals surface area contributed by atoms with Crippen LogP contribution in [0.4, 0.5) is 4.39 Å². The van der Waals surface area contributed by atoms with Gasteiger partial charge in [0.05, 0.1) is 22.7 Å². The fraction of sp³-hybridized carbons (Fsp3) is 0.190. The SMILES string of the molecule is CCOC(=O)C(C)Sc1nc(-c2cccs2)cc(-c2ccc(F)cc2)c1C#N. The standard InChI is InChI=1S/C21H17FN2O2S2/c1-3-26-21(25)13(2)28-20-17(12-23)16(14-6-8-15(22)9-7-14)11-18(24-20)19-5-4-10-27-19/h4-11,13H,3H2,1-2H3. The van der Waals surface area contributed by atoms with Crippen molar-refractivity contribution >= 4 is 29.1 Å². The number of carbonyl (C=O) groups excluding carboxylic acids is 1. The molecular formula is C21H17FN2O2S2. The summed E-state index contributed by atoms with van der Waals surface area (Å²) in [5.74, 6) is -0.705. The number of hydrogen-bond acceptors (Lipinski definition) is 6. The molecule has 3 rings (SSSR count). The summed E-state index contributed by atoms with van der Waals surface area (Å²) in [4.78, 5) is 17.6. The molecule has 0 radical (unpaired) electrons. The first-order valence-corrected chi connectivity index (χ1v) is 10.4. The van der Waals surface area contributed by atoms with Crippen molar-refractivity contribution in [3.8, 4) is 27.8 Å². The Bertz CT molecular complexity index is 1010. The molecule has 0 fully saturated rings. The average molecular weight is 413 g/mol. The maximum Gasteiger partial charge on any atom is 0.319 e. The van der Waals surface area contributed by atoms with Crippen LogP contribution in [-0.2, 0) is 9.53 Å². The first kappa shape index (κ1) is 20.1. The lowest BCUT2D eigenvalue weighted by Crippen LogP contribution is -2.17. The number of benzene rings is 1. The number of esters is 1. The van der Waals surface area contributed by atoms with Crippen LogP contribution in [0.25, 0.3) is 21.7 Å². The number of pyridine rings is 1. The fourth-order valence-electron chi connectivity index (χ4n) is 2.60. The molecule has 0 spiro atoms. The molecule has 0 aliphatic rings. The molecule has 7 heteroatoms. The van der Waals surface area contributed by atoms with Gasteiger partial charge in [0, 0.05) is 5.56 Å². The highest BCUT2D eigenvalue weighted by Crippen LogP contribution is 2.36. The summed E-state index contributed by atoms with van der Waals surface area (Å²) in [6.45, 7) is 3.76. The Labute approximate surface area is 171 Å². The third kappa shape index (κ3) is 4.41. The number of hydrogen-bond donors (Lipinski definition) is 0. The van der Waals surface area contributed by atoms with E-state index < -0.39 is 5.25 Å². The van der Waals surface area contributed by atoms with Crippen molar-refractivity contribution in [1.29, 1.82) is 5.26 Å². The third-order valence-corrected chi connectivity index (χ3v) is 5.89. The quantitative estimate of drug-likeness (QED) is 0.393. The van der Waals surface area contributed by atoms with Crippen molar-refractivity contribution in [3.05, 3.63) is 59.2 Å². The maximum absolute atomic E-state index is 13.4. The van der Waals surface area contributed by atoms with E-state index in [1.165, 1.54) is 35.2 Å². The predicted molar refractivity (Wildman–Crippen MR) is 110 cm³/mol. The van der Waals surface area contributed by atoms with Gasteiger partial charge in [0.15, 0.2) is 0 Å². The Morgan fingerprint density at radius 3 is 2.71 bits per heavy atom. The Morgan fingerprint density at radius 2 is 2.11 bits per heavy atom. The van der Waals surface area contributed by atoms with Crippen LogP contribution in [-0.4, -0.2) is 22.8 Å². The van der Waals surface area contributed by atoms with Crippen molar-refractivity contribution in [2.75, 3.05) is 6.61 Å². The number of nitriles is 1. The first-order chi connectivity index (χ1) is 13.5. The van der Waals surface area contributed by atoms with Gasteiger partial charge in [0.2, 0.25) is 0 Å². The highest BCUT2D eigenvalue weighted by atomic mass is 32.2. The van der Waals surface area contributed by atoms with Gasteiger partial charge in [-0.1, -0.05) is 30.0 Å². The van der Waals surface area contributed by atoms with Crippen molar-refractivity contribution in [1.82, 2.24) is 4.98 Å². The number of thioether (sulfide) groups is 1. The Morgan fingerprint density at radius 1 is 1.36 bits per heavy atom. The lowest BCUT2D eigenvalue weighted by Gasteiger charge is -2.14. The number of halogens is 1. The van der Waals surface area contributed by atoms with Gasteiger partial charge < -0.3 is 4.74 Å². The minimum atomic E-state index is -0.515. The number of ether oxygens (including phenoxy) is 1. The van der Waals surface area contributed by atoms with Gasteiger partial charge in [-0.2, -0.15) is 5.26 Å². The van der Waals surface area contributed by atoms with Crippen LogP contribution in [0, 0.1) is 17.1 Å². The third-order valence-electron chi connectivity index (χ3n) is 3.93. The molecule has 1 unspecified atom stereocenters. The van der Waals surface area contributed by atoms with E-state index in [1.807, 2.05) is 23.6 Å². The fourth-order valence-corrected chi connectivity index (χ4v) is 4.21. The maximum atomic E-state index is 13.4. The molecule has 0 saturated heterocycles. The molecule has 28 heavy (non-hydrogen) atoms. The van der Waals surface area contributed by atoms with Gasteiger partial charge in [-0.25, -0.2) is 9.37 Å². The Balaban J connectivity index is 2.13. The van der Waals surface area contributed by atoms with Crippen LogP contribution in [0.3, 0.4) is 0 Å². The number of rotatable bonds is 6. The van der Waals surface area contributed by atoms with Crippen LogP contribution in [0.15, 0.2) is 52.9 Å². The normalized spacial score (nSPS) is 11.6. The number of nitrogens with zero attached hydrogens (tertiary/aromatic N) is 2. The van der Waals surface area contributed by atoms with Gasteiger partial charge in [0.1, 0.15) is 22.2 Å². The summed E-state index contributed by atoms with van der Waals surface area (Å²) in [6, 6.07) is 13.9. The Kier molecular flexibility index (Phi) is 6.45. The van der Waals surface area contributed by atoms with E-state index in [0.717, 1.165) is 4.88 Å². The molecule has 2 heterocycles. The zero-order valence-electron chi connectivity index (χ0n) is 15.3. The molecule has 0 saturated carbocycles. The van der Waals surface area contributed by atoms with Gasteiger partial charge in [-0.05, 0) is 49.1 Å². The largest absolute Gasteiger partial charge is 0.465 e. The monoisotopic (exact) mass is 412 g/mol. The highest BCUT2D eigenvalue weighted by molar-refractivity contribution is 8.00. The predicted octanol–water partition coefficient (Wildman–Crippen LogP) is 5.53. The molecule has 3 aromatic rings. The molecule has 0 aliphatic carbocycles. The highest BCUT2D eigenvalue weighted by Gasteiger charge is 2.22. The van der Waals surface area contributed by atoms with E-state index >= 15 is 0 Å². The van der Waals surface area contributed by atoms with Gasteiger partial charge in [-0.3, -0.25) is 4.79 Å². The number of thiophene rings is 1. The first-order valence-electron chi connectivity index (χ1n) is 8.61. The van der Waals surface area contributed by atoms with Crippen LogP contribution < -0.4 is 0 Å². The number of carbonyl (C=O) groups is 1.